The molecule has 18 heavy (non-hydrogen) atoms. The van der Waals surface area contributed by atoms with Crippen LogP contribution in [0.5, 0.6) is 5.75 Å². The second kappa shape index (κ2) is 5.08. The molecule has 2 aromatic carbocycles. The first kappa shape index (κ1) is 13.1. The number of benzene rings is 2. The van der Waals surface area contributed by atoms with Crippen molar-refractivity contribution in [2.24, 2.45) is 0 Å². The van der Waals surface area contributed by atoms with Crippen LogP contribution in [0.1, 0.15) is 21.5 Å². The van der Waals surface area contributed by atoms with E-state index < -0.39 is 0 Å². The zero-order chi connectivity index (χ0) is 13.3. The van der Waals surface area contributed by atoms with E-state index in [9.17, 15) is 9.90 Å². The maximum Gasteiger partial charge on any atom is 0.197 e. The number of thiol groups is 2. The number of phenols is 1. The van der Waals surface area contributed by atoms with Gasteiger partial charge in [-0.25, -0.2) is 0 Å². The zero-order valence-electron chi connectivity index (χ0n) is 9.71. The first-order valence-corrected chi connectivity index (χ1v) is 6.25. The summed E-state index contributed by atoms with van der Waals surface area (Å²) >= 11 is 8.40. The van der Waals surface area contributed by atoms with Crippen molar-refractivity contribution >= 4 is 31.0 Å². The second-order valence-corrected chi connectivity index (χ2v) is 5.05. The number of aromatic hydroxyl groups is 1. The Labute approximate surface area is 116 Å². The zero-order valence-corrected chi connectivity index (χ0v) is 11.5. The van der Waals surface area contributed by atoms with Crippen LogP contribution in [0, 0.1) is 6.92 Å². The molecular weight excluding hydrogens is 264 g/mol. The second-order valence-electron chi connectivity index (χ2n) is 4.05. The molecular formula is C14H12O2S2. The summed E-state index contributed by atoms with van der Waals surface area (Å²) in [6.07, 6.45) is 0. The molecule has 2 rings (SSSR count). The monoisotopic (exact) mass is 276 g/mol. The van der Waals surface area contributed by atoms with E-state index in [1.54, 1.807) is 18.2 Å². The van der Waals surface area contributed by atoms with Crippen molar-refractivity contribution in [3.63, 3.8) is 0 Å². The standard InChI is InChI=1S/C14H12O2S2/c1-8-2-4-11(13(18)6-8)14(16)10-5-3-9(17)7-12(10)15/h2-7,15,17-18H,1H3. The van der Waals surface area contributed by atoms with Crippen LogP contribution in [0.15, 0.2) is 46.2 Å². The highest BCUT2D eigenvalue weighted by molar-refractivity contribution is 7.80. The normalized spacial score (nSPS) is 10.4. The van der Waals surface area contributed by atoms with Crippen LogP contribution in [-0.2, 0) is 0 Å². The van der Waals surface area contributed by atoms with E-state index in [1.807, 2.05) is 19.1 Å². The summed E-state index contributed by atoms with van der Waals surface area (Å²) < 4.78 is 0. The molecule has 0 unspecified atom stereocenters. The van der Waals surface area contributed by atoms with Crippen molar-refractivity contribution in [1.82, 2.24) is 0 Å². The molecule has 2 nitrogen and oxygen atoms in total. The topological polar surface area (TPSA) is 37.3 Å². The van der Waals surface area contributed by atoms with Gasteiger partial charge in [-0.3, -0.25) is 4.79 Å². The van der Waals surface area contributed by atoms with Crippen molar-refractivity contribution in [2.45, 2.75) is 16.7 Å². The van der Waals surface area contributed by atoms with Gasteiger partial charge in [0.15, 0.2) is 5.78 Å². The van der Waals surface area contributed by atoms with Crippen molar-refractivity contribution in [3.8, 4) is 5.75 Å². The highest BCUT2D eigenvalue weighted by Gasteiger charge is 2.15. The third kappa shape index (κ3) is 2.54. The average Bonchev–Trinajstić information content (AvgIpc) is 2.28. The van der Waals surface area contributed by atoms with Gasteiger partial charge in [0.25, 0.3) is 0 Å². The molecule has 0 radical (unpaired) electrons. The number of aryl methyl sites for hydroxylation is 1. The summed E-state index contributed by atoms with van der Waals surface area (Å²) in [5.41, 5.74) is 1.77. The van der Waals surface area contributed by atoms with E-state index in [-0.39, 0.29) is 17.1 Å². The van der Waals surface area contributed by atoms with Gasteiger partial charge in [0.05, 0.1) is 5.56 Å². The summed E-state index contributed by atoms with van der Waals surface area (Å²) in [6.45, 7) is 1.93. The Morgan fingerprint density at radius 3 is 2.33 bits per heavy atom. The molecule has 0 aliphatic rings. The van der Waals surface area contributed by atoms with E-state index >= 15 is 0 Å². The maximum absolute atomic E-state index is 12.3. The summed E-state index contributed by atoms with van der Waals surface area (Å²) in [5.74, 6) is -0.313. The van der Waals surface area contributed by atoms with Crippen LogP contribution in [-0.4, -0.2) is 10.9 Å². The fraction of sp³-hybridized carbons (Fsp3) is 0.0714. The lowest BCUT2D eigenvalue weighted by Crippen LogP contribution is -2.03. The fourth-order valence-corrected chi connectivity index (χ4v) is 2.27. The molecule has 0 aromatic heterocycles. The molecule has 4 heteroatoms. The SMILES string of the molecule is Cc1ccc(C(=O)c2ccc(S)cc2O)c(S)c1. The third-order valence-corrected chi connectivity index (χ3v) is 3.27. The van der Waals surface area contributed by atoms with Gasteiger partial charge in [0.2, 0.25) is 0 Å². The van der Waals surface area contributed by atoms with E-state index in [1.165, 1.54) is 6.07 Å². The molecule has 2 aromatic rings. The van der Waals surface area contributed by atoms with Gasteiger partial charge in [-0.1, -0.05) is 6.07 Å². The van der Waals surface area contributed by atoms with Gasteiger partial charge in [-0.15, -0.1) is 25.3 Å². The molecule has 0 saturated heterocycles. The van der Waals surface area contributed by atoms with Crippen molar-refractivity contribution in [2.75, 3.05) is 0 Å². The first-order valence-electron chi connectivity index (χ1n) is 5.35. The molecule has 0 saturated carbocycles. The van der Waals surface area contributed by atoms with E-state index in [0.29, 0.717) is 15.4 Å². The minimum Gasteiger partial charge on any atom is -0.507 e. The first-order chi connectivity index (χ1) is 8.49. The van der Waals surface area contributed by atoms with Gasteiger partial charge in [0.1, 0.15) is 5.75 Å². The Morgan fingerprint density at radius 1 is 1.06 bits per heavy atom. The molecule has 0 fully saturated rings. The van der Waals surface area contributed by atoms with Crippen LogP contribution < -0.4 is 0 Å². The molecule has 0 aliphatic heterocycles. The van der Waals surface area contributed by atoms with Gasteiger partial charge >= 0.3 is 0 Å². The van der Waals surface area contributed by atoms with Crippen molar-refractivity contribution < 1.29 is 9.90 Å². The van der Waals surface area contributed by atoms with Gasteiger partial charge < -0.3 is 5.11 Å². The maximum atomic E-state index is 12.3. The summed E-state index contributed by atoms with van der Waals surface area (Å²) in [6, 6.07) is 10.1. The minimum absolute atomic E-state index is 0.0687. The largest absolute Gasteiger partial charge is 0.507 e. The highest BCUT2D eigenvalue weighted by atomic mass is 32.1. The van der Waals surface area contributed by atoms with Crippen molar-refractivity contribution in [3.05, 3.63) is 53.1 Å². The number of ketones is 1. The third-order valence-electron chi connectivity index (χ3n) is 2.62. The number of carbonyl (C=O) groups is 1. The van der Waals surface area contributed by atoms with Gasteiger partial charge in [-0.05, 0) is 42.8 Å². The molecule has 0 atom stereocenters. The highest BCUT2D eigenvalue weighted by Crippen LogP contribution is 2.26. The molecule has 0 bridgehead atoms. The fourth-order valence-electron chi connectivity index (χ4n) is 1.69. The van der Waals surface area contributed by atoms with Gasteiger partial charge in [0, 0.05) is 15.4 Å². The van der Waals surface area contributed by atoms with Crippen LogP contribution in [0.25, 0.3) is 0 Å². The van der Waals surface area contributed by atoms with E-state index in [4.69, 9.17) is 0 Å². The Kier molecular flexibility index (Phi) is 3.68. The molecule has 0 aliphatic carbocycles. The lowest BCUT2D eigenvalue weighted by molar-refractivity contribution is 0.103. The Balaban J connectivity index is 2.48. The molecule has 1 N–H and O–H groups in total. The number of hydrogen-bond acceptors (Lipinski definition) is 4. The smallest absolute Gasteiger partial charge is 0.197 e. The molecule has 92 valence electrons. The number of carbonyl (C=O) groups excluding carboxylic acids is 1. The number of hydrogen-bond donors (Lipinski definition) is 3. The van der Waals surface area contributed by atoms with Crippen molar-refractivity contribution in [1.29, 1.82) is 0 Å². The van der Waals surface area contributed by atoms with E-state index in [2.05, 4.69) is 25.3 Å². The van der Waals surface area contributed by atoms with Crippen LogP contribution >= 0.6 is 25.3 Å². The summed E-state index contributed by atoms with van der Waals surface area (Å²) in [5, 5.41) is 9.77. The number of rotatable bonds is 2. The van der Waals surface area contributed by atoms with Gasteiger partial charge in [-0.2, -0.15) is 0 Å². The van der Waals surface area contributed by atoms with Crippen LogP contribution in [0.4, 0.5) is 0 Å². The Morgan fingerprint density at radius 2 is 1.72 bits per heavy atom. The molecule has 0 spiro atoms. The molecule has 0 heterocycles. The summed E-state index contributed by atoms with van der Waals surface area (Å²) in [7, 11) is 0. The Hall–Kier alpha value is -1.39. The quantitative estimate of drug-likeness (QED) is 0.580. The predicted molar refractivity (Wildman–Crippen MR) is 77.2 cm³/mol. The lowest BCUT2D eigenvalue weighted by Gasteiger charge is -2.07. The lowest BCUT2D eigenvalue weighted by atomic mass is 10.0. The van der Waals surface area contributed by atoms with Crippen LogP contribution in [0.2, 0.25) is 0 Å². The summed E-state index contributed by atoms with van der Waals surface area (Å²) in [4.78, 5) is 13.5. The average molecular weight is 276 g/mol. The number of phenolic OH excluding ortho intramolecular Hbond substituents is 1. The van der Waals surface area contributed by atoms with E-state index in [0.717, 1.165) is 5.56 Å². The molecule has 0 amide bonds. The Bertz CT molecular complexity index is 568. The van der Waals surface area contributed by atoms with Crippen LogP contribution in [0.3, 0.4) is 0 Å². The minimum atomic E-state index is -0.245. The predicted octanol–water partition coefficient (Wildman–Crippen LogP) is 3.51.